The lowest BCUT2D eigenvalue weighted by Crippen LogP contribution is -2.36. The smallest absolute Gasteiger partial charge is 0.217 e. The van der Waals surface area contributed by atoms with Crippen molar-refractivity contribution in [2.24, 2.45) is 5.73 Å². The molecule has 0 aliphatic carbocycles. The van der Waals surface area contributed by atoms with Crippen molar-refractivity contribution in [1.29, 1.82) is 5.41 Å². The number of rotatable bonds is 9. The molecular formula is C11H23N4O. The summed E-state index contributed by atoms with van der Waals surface area (Å²) < 4.78 is 0. The molecule has 0 fully saturated rings. The Balaban J connectivity index is 3.70. The minimum atomic E-state index is -0.0904. The summed E-state index contributed by atoms with van der Waals surface area (Å²) in [6, 6.07) is -0.0904. The van der Waals surface area contributed by atoms with E-state index in [0.717, 1.165) is 32.4 Å². The number of nitrogens with two attached hydrogens (primary N) is 1. The first-order valence-electron chi connectivity index (χ1n) is 5.85. The van der Waals surface area contributed by atoms with E-state index in [2.05, 4.69) is 16.5 Å². The summed E-state index contributed by atoms with van der Waals surface area (Å²) >= 11 is 0. The van der Waals surface area contributed by atoms with E-state index in [-0.39, 0.29) is 12.0 Å². The molecule has 4 N–H and O–H groups in total. The van der Waals surface area contributed by atoms with Gasteiger partial charge in [-0.05, 0) is 32.4 Å². The minimum Gasteiger partial charge on any atom is -0.370 e. The summed E-state index contributed by atoms with van der Waals surface area (Å²) in [7, 11) is 0. The molecule has 0 saturated heterocycles. The summed E-state index contributed by atoms with van der Waals surface area (Å²) in [4.78, 5) is 12.9. The lowest BCUT2D eigenvalue weighted by atomic mass is 10.1. The Hall–Kier alpha value is -1.10. The highest BCUT2D eigenvalue weighted by Crippen LogP contribution is 2.06. The molecule has 0 amide bonds. The van der Waals surface area contributed by atoms with E-state index in [0.29, 0.717) is 6.54 Å². The molecule has 0 aliphatic heterocycles. The molecule has 0 heterocycles. The second kappa shape index (κ2) is 9.15. The molecule has 0 aromatic rings. The van der Waals surface area contributed by atoms with Crippen LogP contribution in [0.25, 0.3) is 0 Å². The molecule has 0 spiro atoms. The van der Waals surface area contributed by atoms with Crippen molar-refractivity contribution >= 4 is 12.2 Å². The monoisotopic (exact) mass is 227 g/mol. The molecule has 5 heteroatoms. The van der Waals surface area contributed by atoms with Gasteiger partial charge in [0.2, 0.25) is 6.29 Å². The van der Waals surface area contributed by atoms with Crippen LogP contribution < -0.4 is 11.1 Å². The van der Waals surface area contributed by atoms with E-state index >= 15 is 0 Å². The van der Waals surface area contributed by atoms with Crippen LogP contribution in [0.1, 0.15) is 33.1 Å². The Bertz CT molecular complexity index is 204. The Morgan fingerprint density at radius 3 is 2.50 bits per heavy atom. The fourth-order valence-corrected chi connectivity index (χ4v) is 1.67. The van der Waals surface area contributed by atoms with Gasteiger partial charge in [-0.1, -0.05) is 13.8 Å². The summed E-state index contributed by atoms with van der Waals surface area (Å²) in [5.41, 5.74) is 5.15. The molecule has 5 nitrogen and oxygen atoms in total. The Labute approximate surface area is 97.9 Å². The van der Waals surface area contributed by atoms with Gasteiger partial charge in [-0.2, -0.15) is 0 Å². The predicted octanol–water partition coefficient (Wildman–Crippen LogP) is 0.460. The summed E-state index contributed by atoms with van der Waals surface area (Å²) in [6.07, 6.45) is 4.77. The zero-order chi connectivity index (χ0) is 12.4. The lowest BCUT2D eigenvalue weighted by molar-refractivity contribution is 0.248. The van der Waals surface area contributed by atoms with Gasteiger partial charge < -0.3 is 11.1 Å². The van der Waals surface area contributed by atoms with Crippen molar-refractivity contribution in [3.05, 3.63) is 0 Å². The summed E-state index contributed by atoms with van der Waals surface area (Å²) in [5.74, 6) is 0.00208. The fourth-order valence-electron chi connectivity index (χ4n) is 1.67. The molecule has 0 bridgehead atoms. The first kappa shape index (κ1) is 14.9. The van der Waals surface area contributed by atoms with Gasteiger partial charge in [-0.15, -0.1) is 0 Å². The van der Waals surface area contributed by atoms with Crippen LogP contribution in [0.2, 0.25) is 0 Å². The van der Waals surface area contributed by atoms with Gasteiger partial charge in [0.05, 0.1) is 6.04 Å². The van der Waals surface area contributed by atoms with Crippen LogP contribution in [0.15, 0.2) is 0 Å². The molecule has 0 aromatic carbocycles. The number of nitrogens with one attached hydrogen (secondary N) is 2. The lowest BCUT2D eigenvalue weighted by Gasteiger charge is -2.24. The van der Waals surface area contributed by atoms with Crippen molar-refractivity contribution < 1.29 is 4.79 Å². The average Bonchev–Trinajstić information content (AvgIpc) is 2.27. The van der Waals surface area contributed by atoms with E-state index in [4.69, 9.17) is 11.1 Å². The SMILES string of the molecule is CCN(CC)[C@H]([C]=O)CCCCNC(=N)N. The van der Waals surface area contributed by atoms with Crippen LogP contribution in [0, 0.1) is 5.41 Å². The van der Waals surface area contributed by atoms with Crippen LogP contribution in [0.5, 0.6) is 0 Å². The Morgan fingerprint density at radius 2 is 2.06 bits per heavy atom. The van der Waals surface area contributed by atoms with Gasteiger partial charge in [-0.3, -0.25) is 15.1 Å². The molecule has 0 aliphatic rings. The highest BCUT2D eigenvalue weighted by molar-refractivity contribution is 5.74. The number of hydrogen-bond acceptors (Lipinski definition) is 3. The maximum Gasteiger partial charge on any atom is 0.217 e. The fraction of sp³-hybridized carbons (Fsp3) is 0.818. The standard InChI is InChI=1S/C11H23N4O/c1-3-15(4-2)10(9-16)7-5-6-8-14-11(12)13/h10H,3-8H2,1-2H3,(H4,12,13,14)/t10-/m0/s1. The van der Waals surface area contributed by atoms with E-state index in [9.17, 15) is 4.79 Å². The van der Waals surface area contributed by atoms with Gasteiger partial charge in [0, 0.05) is 6.54 Å². The first-order valence-corrected chi connectivity index (χ1v) is 5.85. The van der Waals surface area contributed by atoms with Crippen LogP contribution in [0.3, 0.4) is 0 Å². The van der Waals surface area contributed by atoms with E-state index < -0.39 is 0 Å². The van der Waals surface area contributed by atoms with Crippen molar-refractivity contribution in [1.82, 2.24) is 10.2 Å². The van der Waals surface area contributed by atoms with Gasteiger partial charge in [0.25, 0.3) is 0 Å². The maximum atomic E-state index is 10.8. The number of hydrogen-bond donors (Lipinski definition) is 3. The van der Waals surface area contributed by atoms with Gasteiger partial charge >= 0.3 is 0 Å². The van der Waals surface area contributed by atoms with Gasteiger partial charge in [-0.25, -0.2) is 0 Å². The molecule has 0 rings (SSSR count). The highest BCUT2D eigenvalue weighted by atomic mass is 16.1. The zero-order valence-electron chi connectivity index (χ0n) is 10.3. The highest BCUT2D eigenvalue weighted by Gasteiger charge is 2.14. The third-order valence-corrected chi connectivity index (χ3v) is 2.61. The minimum absolute atomic E-state index is 0.00208. The number of guanidine groups is 1. The molecule has 0 unspecified atom stereocenters. The third kappa shape index (κ3) is 6.40. The molecule has 0 aromatic heterocycles. The Kier molecular flexibility index (Phi) is 8.52. The van der Waals surface area contributed by atoms with E-state index in [1.165, 1.54) is 0 Å². The van der Waals surface area contributed by atoms with Crippen LogP contribution in [-0.4, -0.2) is 42.8 Å². The molecule has 93 valence electrons. The summed E-state index contributed by atoms with van der Waals surface area (Å²) in [6.45, 7) is 6.54. The molecule has 16 heavy (non-hydrogen) atoms. The predicted molar refractivity (Wildman–Crippen MR) is 66.2 cm³/mol. The molecular weight excluding hydrogens is 204 g/mol. The summed E-state index contributed by atoms with van der Waals surface area (Å²) in [5, 5.41) is 9.72. The third-order valence-electron chi connectivity index (χ3n) is 2.61. The average molecular weight is 227 g/mol. The van der Waals surface area contributed by atoms with Gasteiger partial charge in [0.1, 0.15) is 0 Å². The largest absolute Gasteiger partial charge is 0.370 e. The topological polar surface area (TPSA) is 82.2 Å². The quantitative estimate of drug-likeness (QED) is 0.303. The second-order valence-electron chi connectivity index (χ2n) is 3.69. The second-order valence-corrected chi connectivity index (χ2v) is 3.69. The van der Waals surface area contributed by atoms with Crippen LogP contribution >= 0.6 is 0 Å². The van der Waals surface area contributed by atoms with Crippen molar-refractivity contribution in [2.75, 3.05) is 19.6 Å². The van der Waals surface area contributed by atoms with Gasteiger partial charge in [0.15, 0.2) is 5.96 Å². The van der Waals surface area contributed by atoms with E-state index in [1.807, 2.05) is 13.8 Å². The number of likely N-dealkylation sites (N-methyl/N-ethyl adjacent to an activating group) is 1. The Morgan fingerprint density at radius 1 is 1.44 bits per heavy atom. The number of carbonyl (C=O) groups excluding carboxylic acids is 1. The molecule has 0 saturated carbocycles. The maximum absolute atomic E-state index is 10.8. The van der Waals surface area contributed by atoms with Crippen LogP contribution in [-0.2, 0) is 4.79 Å². The van der Waals surface area contributed by atoms with Crippen molar-refractivity contribution in [3.63, 3.8) is 0 Å². The molecule has 1 radical (unpaired) electrons. The van der Waals surface area contributed by atoms with E-state index in [1.54, 1.807) is 0 Å². The van der Waals surface area contributed by atoms with Crippen molar-refractivity contribution in [2.45, 2.75) is 39.2 Å². The number of unbranched alkanes of at least 4 members (excludes halogenated alkanes) is 1. The normalized spacial score (nSPS) is 12.4. The van der Waals surface area contributed by atoms with Crippen LogP contribution in [0.4, 0.5) is 0 Å². The zero-order valence-corrected chi connectivity index (χ0v) is 10.3. The number of nitrogens with zero attached hydrogens (tertiary/aromatic N) is 1. The molecule has 1 atom stereocenters. The first-order chi connectivity index (χ1) is 7.65. The van der Waals surface area contributed by atoms with Crippen molar-refractivity contribution in [3.8, 4) is 0 Å².